The quantitative estimate of drug-likeness (QED) is 0.760. The number of halogens is 1. The molecule has 110 valence electrons. The highest BCUT2D eigenvalue weighted by atomic mass is 79.9. The van der Waals surface area contributed by atoms with Gasteiger partial charge in [-0.15, -0.1) is 10.2 Å². The van der Waals surface area contributed by atoms with Crippen molar-refractivity contribution in [2.75, 3.05) is 13.6 Å². The fourth-order valence-electron chi connectivity index (χ4n) is 2.37. The molecule has 7 nitrogen and oxygen atoms in total. The number of fused-ring (bicyclic) bond motifs is 1. The smallest absolute Gasteiger partial charge is 0.178 e. The first-order valence-electron chi connectivity index (χ1n) is 6.67. The number of hydrogen-bond donors (Lipinski definition) is 1. The fraction of sp³-hybridized carbons (Fsp3) is 0.385. The van der Waals surface area contributed by atoms with E-state index in [0.29, 0.717) is 0 Å². The standard InChI is InChI=1S/C13H16BrN7/c1-9(12-16-18-19-17-12)6-20(2)7-10-8-21-5-3-4-11(14)13(21)15-10/h3-5,8-9H,6-7H2,1-2H3,(H,16,17,18,19). The summed E-state index contributed by atoms with van der Waals surface area (Å²) >= 11 is 3.52. The third-order valence-corrected chi connectivity index (χ3v) is 3.92. The largest absolute Gasteiger partial charge is 0.306 e. The molecule has 0 saturated heterocycles. The molecule has 21 heavy (non-hydrogen) atoms. The molecule has 3 aromatic rings. The lowest BCUT2D eigenvalue weighted by atomic mass is 10.1. The summed E-state index contributed by atoms with van der Waals surface area (Å²) in [6, 6.07) is 3.98. The summed E-state index contributed by atoms with van der Waals surface area (Å²) in [7, 11) is 2.07. The van der Waals surface area contributed by atoms with Crippen molar-refractivity contribution in [3.63, 3.8) is 0 Å². The molecular formula is C13H16BrN7. The van der Waals surface area contributed by atoms with Crippen LogP contribution in [-0.4, -0.2) is 48.5 Å². The van der Waals surface area contributed by atoms with E-state index in [9.17, 15) is 0 Å². The van der Waals surface area contributed by atoms with E-state index in [0.717, 1.165) is 34.7 Å². The van der Waals surface area contributed by atoms with Gasteiger partial charge >= 0.3 is 0 Å². The summed E-state index contributed by atoms with van der Waals surface area (Å²) < 4.78 is 3.02. The van der Waals surface area contributed by atoms with Gasteiger partial charge in [-0.05, 0) is 35.1 Å². The number of likely N-dealkylation sites (N-methyl/N-ethyl adjacent to an activating group) is 1. The van der Waals surface area contributed by atoms with Gasteiger partial charge in [-0.25, -0.2) is 4.98 Å². The van der Waals surface area contributed by atoms with Crippen LogP contribution in [0.1, 0.15) is 24.4 Å². The van der Waals surface area contributed by atoms with Crippen LogP contribution in [0.2, 0.25) is 0 Å². The van der Waals surface area contributed by atoms with E-state index < -0.39 is 0 Å². The molecule has 3 rings (SSSR count). The second kappa shape index (κ2) is 5.90. The highest BCUT2D eigenvalue weighted by molar-refractivity contribution is 9.10. The number of tetrazole rings is 1. The van der Waals surface area contributed by atoms with Crippen LogP contribution in [0.15, 0.2) is 29.0 Å². The van der Waals surface area contributed by atoms with Crippen molar-refractivity contribution in [2.45, 2.75) is 19.4 Å². The van der Waals surface area contributed by atoms with Gasteiger partial charge in [-0.1, -0.05) is 12.1 Å². The lowest BCUT2D eigenvalue weighted by Gasteiger charge is -2.18. The number of nitrogens with zero attached hydrogens (tertiary/aromatic N) is 6. The number of imidazole rings is 1. The van der Waals surface area contributed by atoms with Gasteiger partial charge in [0.25, 0.3) is 0 Å². The number of H-pyrrole nitrogens is 1. The number of rotatable bonds is 5. The third kappa shape index (κ3) is 3.11. The van der Waals surface area contributed by atoms with Crippen molar-refractivity contribution < 1.29 is 0 Å². The predicted molar refractivity (Wildman–Crippen MR) is 81.8 cm³/mol. The molecule has 0 radical (unpaired) electrons. The molecule has 0 aromatic carbocycles. The first kappa shape index (κ1) is 14.2. The second-order valence-electron chi connectivity index (χ2n) is 5.19. The Morgan fingerprint density at radius 1 is 1.48 bits per heavy atom. The molecule has 0 bridgehead atoms. The maximum absolute atomic E-state index is 4.65. The molecule has 0 aliphatic carbocycles. The molecule has 0 aliphatic heterocycles. The molecule has 0 saturated carbocycles. The lowest BCUT2D eigenvalue weighted by Crippen LogP contribution is -2.23. The van der Waals surface area contributed by atoms with Crippen molar-refractivity contribution in [1.29, 1.82) is 0 Å². The normalized spacial score (nSPS) is 13.1. The minimum atomic E-state index is 0.220. The summed E-state index contributed by atoms with van der Waals surface area (Å²) in [4.78, 5) is 6.85. The number of aromatic nitrogens is 6. The van der Waals surface area contributed by atoms with Crippen LogP contribution in [-0.2, 0) is 6.54 Å². The van der Waals surface area contributed by atoms with Gasteiger partial charge in [0.2, 0.25) is 0 Å². The minimum Gasteiger partial charge on any atom is -0.306 e. The Balaban J connectivity index is 1.68. The lowest BCUT2D eigenvalue weighted by molar-refractivity contribution is 0.303. The summed E-state index contributed by atoms with van der Waals surface area (Å²) in [5.74, 6) is 0.956. The number of nitrogens with one attached hydrogen (secondary N) is 1. The molecule has 3 aromatic heterocycles. The molecule has 3 heterocycles. The maximum atomic E-state index is 4.65. The van der Waals surface area contributed by atoms with Crippen LogP contribution >= 0.6 is 15.9 Å². The van der Waals surface area contributed by atoms with E-state index in [1.807, 2.05) is 22.7 Å². The van der Waals surface area contributed by atoms with Crippen LogP contribution in [0.4, 0.5) is 0 Å². The van der Waals surface area contributed by atoms with Gasteiger partial charge in [0, 0.05) is 31.4 Å². The van der Waals surface area contributed by atoms with Gasteiger partial charge in [0.15, 0.2) is 11.5 Å². The Hall–Kier alpha value is -1.80. The molecule has 1 N–H and O–H groups in total. The topological polar surface area (TPSA) is 75.0 Å². The van der Waals surface area contributed by atoms with E-state index >= 15 is 0 Å². The van der Waals surface area contributed by atoms with Crippen LogP contribution in [0.5, 0.6) is 0 Å². The van der Waals surface area contributed by atoms with Crippen LogP contribution in [0.25, 0.3) is 5.65 Å². The van der Waals surface area contributed by atoms with Gasteiger partial charge in [0.1, 0.15) is 0 Å². The summed E-state index contributed by atoms with van der Waals surface area (Å²) in [5, 5.41) is 14.1. The Kier molecular flexibility index (Phi) is 3.98. The summed E-state index contributed by atoms with van der Waals surface area (Å²) in [6.45, 7) is 3.70. The van der Waals surface area contributed by atoms with Gasteiger partial charge in [0.05, 0.1) is 10.2 Å². The molecular weight excluding hydrogens is 334 g/mol. The first-order chi connectivity index (χ1) is 10.1. The number of aromatic amines is 1. The summed E-state index contributed by atoms with van der Waals surface area (Å²) in [6.07, 6.45) is 4.05. The van der Waals surface area contributed by atoms with Crippen molar-refractivity contribution in [3.8, 4) is 0 Å². The minimum absolute atomic E-state index is 0.220. The molecule has 0 amide bonds. The highest BCUT2D eigenvalue weighted by Gasteiger charge is 2.14. The second-order valence-corrected chi connectivity index (χ2v) is 6.04. The van der Waals surface area contributed by atoms with E-state index in [1.54, 1.807) is 0 Å². The molecule has 1 unspecified atom stereocenters. The Labute approximate surface area is 130 Å². The van der Waals surface area contributed by atoms with Crippen molar-refractivity contribution in [2.24, 2.45) is 0 Å². The Bertz CT molecular complexity index is 721. The highest BCUT2D eigenvalue weighted by Crippen LogP contribution is 2.18. The van der Waals surface area contributed by atoms with Gasteiger partial charge in [-0.3, -0.25) is 4.90 Å². The summed E-state index contributed by atoms with van der Waals surface area (Å²) in [5.41, 5.74) is 1.97. The van der Waals surface area contributed by atoms with Gasteiger partial charge < -0.3 is 4.40 Å². The van der Waals surface area contributed by atoms with Crippen molar-refractivity contribution in [3.05, 3.63) is 40.5 Å². The average Bonchev–Trinajstić information content (AvgIpc) is 3.07. The predicted octanol–water partition coefficient (Wildman–Crippen LogP) is 1.85. The average molecular weight is 350 g/mol. The van der Waals surface area contributed by atoms with Crippen LogP contribution in [0.3, 0.4) is 0 Å². The molecule has 0 aliphatic rings. The SMILES string of the molecule is CC(CN(C)Cc1cn2cccc(Br)c2n1)c1nn[nH]n1. The fourth-order valence-corrected chi connectivity index (χ4v) is 2.82. The molecule has 1 atom stereocenters. The van der Waals surface area contributed by atoms with Crippen LogP contribution < -0.4 is 0 Å². The Morgan fingerprint density at radius 2 is 2.33 bits per heavy atom. The van der Waals surface area contributed by atoms with E-state index in [1.165, 1.54) is 0 Å². The Morgan fingerprint density at radius 3 is 3.05 bits per heavy atom. The van der Waals surface area contributed by atoms with E-state index in [-0.39, 0.29) is 5.92 Å². The number of hydrogen-bond acceptors (Lipinski definition) is 5. The van der Waals surface area contributed by atoms with Crippen LogP contribution in [0, 0.1) is 0 Å². The zero-order valence-electron chi connectivity index (χ0n) is 11.9. The molecule has 0 fully saturated rings. The number of pyridine rings is 1. The van der Waals surface area contributed by atoms with Crippen molar-refractivity contribution >= 4 is 21.6 Å². The van der Waals surface area contributed by atoms with E-state index in [2.05, 4.69) is 66.6 Å². The molecule has 8 heteroatoms. The van der Waals surface area contributed by atoms with Crippen molar-refractivity contribution in [1.82, 2.24) is 34.9 Å². The van der Waals surface area contributed by atoms with E-state index in [4.69, 9.17) is 0 Å². The monoisotopic (exact) mass is 349 g/mol. The first-order valence-corrected chi connectivity index (χ1v) is 7.47. The maximum Gasteiger partial charge on any atom is 0.178 e. The zero-order chi connectivity index (χ0) is 14.8. The van der Waals surface area contributed by atoms with Gasteiger partial charge in [-0.2, -0.15) is 5.21 Å². The molecule has 0 spiro atoms. The third-order valence-electron chi connectivity index (χ3n) is 3.30. The zero-order valence-corrected chi connectivity index (χ0v) is 13.4.